The zero-order valence-electron chi connectivity index (χ0n) is 21.0. The summed E-state index contributed by atoms with van der Waals surface area (Å²) in [7, 11) is 0. The van der Waals surface area contributed by atoms with Gasteiger partial charge in [-0.2, -0.15) is 0 Å². The van der Waals surface area contributed by atoms with Gasteiger partial charge in [-0.05, 0) is 69.2 Å². The molecule has 1 N–H and O–H groups in total. The van der Waals surface area contributed by atoms with E-state index in [1.807, 2.05) is 32.9 Å². The molecule has 2 aromatic carbocycles. The highest BCUT2D eigenvalue weighted by Crippen LogP contribution is 2.45. The molecule has 2 fully saturated rings. The molecule has 1 saturated heterocycles. The molecule has 6 rings (SSSR count). The van der Waals surface area contributed by atoms with Crippen LogP contribution < -0.4 is 10.2 Å². The fourth-order valence-electron chi connectivity index (χ4n) is 5.50. The first-order valence-corrected chi connectivity index (χ1v) is 13.5. The van der Waals surface area contributed by atoms with Crippen molar-refractivity contribution < 1.29 is 4.79 Å². The van der Waals surface area contributed by atoms with Crippen molar-refractivity contribution in [3.05, 3.63) is 81.4 Å². The number of pyridine rings is 1. The van der Waals surface area contributed by atoms with Crippen molar-refractivity contribution >= 4 is 39.5 Å². The minimum absolute atomic E-state index is 0.0786. The maximum absolute atomic E-state index is 12.6. The van der Waals surface area contributed by atoms with E-state index in [9.17, 15) is 4.79 Å². The van der Waals surface area contributed by atoms with E-state index in [1.165, 1.54) is 34.4 Å². The number of nitrogens with zero attached hydrogens (tertiary/aromatic N) is 4. The van der Waals surface area contributed by atoms with Crippen LogP contribution in [-0.4, -0.2) is 53.0 Å². The number of fused-ring (bicyclic) bond motifs is 1. The lowest BCUT2D eigenvalue weighted by molar-refractivity contribution is 0.103. The number of anilines is 2. The molecule has 0 bridgehead atoms. The predicted octanol–water partition coefficient (Wildman–Crippen LogP) is 5.55. The summed E-state index contributed by atoms with van der Waals surface area (Å²) in [5.74, 6) is 0.502. The van der Waals surface area contributed by atoms with Gasteiger partial charge < -0.3 is 10.2 Å². The lowest BCUT2D eigenvalue weighted by Crippen LogP contribution is -2.47. The summed E-state index contributed by atoms with van der Waals surface area (Å²) in [6.45, 7) is 10.1. The molecule has 2 aromatic heterocycles. The van der Waals surface area contributed by atoms with Gasteiger partial charge in [-0.3, -0.25) is 14.7 Å². The molecule has 4 aromatic rings. The van der Waals surface area contributed by atoms with Crippen LogP contribution in [0.1, 0.15) is 44.0 Å². The molecule has 3 heterocycles. The number of carbonyl (C=O) groups is 1. The Morgan fingerprint density at radius 3 is 2.44 bits per heavy atom. The molecule has 184 valence electrons. The molecule has 0 spiro atoms. The summed E-state index contributed by atoms with van der Waals surface area (Å²) in [6, 6.07) is 19.8. The zero-order valence-corrected chi connectivity index (χ0v) is 21.8. The highest BCUT2D eigenvalue weighted by molar-refractivity contribution is 7.13. The lowest BCUT2D eigenvalue weighted by atomic mass is 10.1. The van der Waals surface area contributed by atoms with Gasteiger partial charge in [0.15, 0.2) is 0 Å². The van der Waals surface area contributed by atoms with Crippen LogP contribution in [0.25, 0.3) is 10.9 Å². The quantitative estimate of drug-likeness (QED) is 0.392. The Labute approximate surface area is 216 Å². The first kappa shape index (κ1) is 23.1. The van der Waals surface area contributed by atoms with E-state index in [1.54, 1.807) is 0 Å². The summed E-state index contributed by atoms with van der Waals surface area (Å²) < 4.78 is 0. The van der Waals surface area contributed by atoms with Gasteiger partial charge in [-0.1, -0.05) is 18.2 Å². The van der Waals surface area contributed by atoms with Crippen molar-refractivity contribution in [3.63, 3.8) is 0 Å². The molecule has 36 heavy (non-hydrogen) atoms. The molecular weight excluding hydrogens is 466 g/mol. The Morgan fingerprint density at radius 2 is 1.72 bits per heavy atom. The van der Waals surface area contributed by atoms with Gasteiger partial charge in [0.05, 0.1) is 16.2 Å². The number of piperazine rings is 1. The van der Waals surface area contributed by atoms with Gasteiger partial charge >= 0.3 is 0 Å². The van der Waals surface area contributed by atoms with Gasteiger partial charge in [0.25, 0.3) is 5.91 Å². The summed E-state index contributed by atoms with van der Waals surface area (Å²) in [5, 5.41) is 5.18. The maximum Gasteiger partial charge on any atom is 0.267 e. The van der Waals surface area contributed by atoms with E-state index in [4.69, 9.17) is 4.98 Å². The number of rotatable bonds is 5. The number of hydrogen-bond donors (Lipinski definition) is 1. The highest BCUT2D eigenvalue weighted by Gasteiger charge is 2.43. The molecular formula is C29H31N5OS. The van der Waals surface area contributed by atoms with Crippen LogP contribution in [0.5, 0.6) is 0 Å². The van der Waals surface area contributed by atoms with Crippen molar-refractivity contribution in [1.29, 1.82) is 0 Å². The Balaban J connectivity index is 1.05. The SMILES string of the molecule is Cc1ccc2c(N3CCN(C4CC4c4ccc(NC(=O)c5sc(C)nc5C)cc4)CC3)cccc2n1. The van der Waals surface area contributed by atoms with E-state index in [2.05, 4.69) is 62.6 Å². The van der Waals surface area contributed by atoms with Crippen LogP contribution in [0, 0.1) is 20.8 Å². The second-order valence-electron chi connectivity index (χ2n) is 9.95. The molecule has 0 radical (unpaired) electrons. The first-order valence-electron chi connectivity index (χ1n) is 12.7. The van der Waals surface area contributed by atoms with E-state index >= 15 is 0 Å². The fourth-order valence-corrected chi connectivity index (χ4v) is 6.31. The average Bonchev–Trinajstić information content (AvgIpc) is 3.60. The Morgan fingerprint density at radius 1 is 0.944 bits per heavy atom. The van der Waals surface area contributed by atoms with Gasteiger partial charge in [-0.15, -0.1) is 11.3 Å². The monoisotopic (exact) mass is 497 g/mol. The van der Waals surface area contributed by atoms with Crippen LogP contribution in [0.2, 0.25) is 0 Å². The predicted molar refractivity (Wildman–Crippen MR) is 147 cm³/mol. The highest BCUT2D eigenvalue weighted by atomic mass is 32.1. The molecule has 1 saturated carbocycles. The molecule has 2 unspecified atom stereocenters. The smallest absolute Gasteiger partial charge is 0.267 e. The minimum atomic E-state index is -0.0786. The van der Waals surface area contributed by atoms with Gasteiger partial charge in [0, 0.05) is 60.6 Å². The van der Waals surface area contributed by atoms with Crippen molar-refractivity contribution in [2.24, 2.45) is 0 Å². The Bertz CT molecular complexity index is 1420. The fraction of sp³-hybridized carbons (Fsp3) is 0.345. The molecule has 1 aliphatic carbocycles. The topological polar surface area (TPSA) is 61.4 Å². The minimum Gasteiger partial charge on any atom is -0.368 e. The van der Waals surface area contributed by atoms with E-state index < -0.39 is 0 Å². The van der Waals surface area contributed by atoms with E-state index in [0.29, 0.717) is 16.8 Å². The van der Waals surface area contributed by atoms with Crippen LogP contribution >= 0.6 is 11.3 Å². The van der Waals surface area contributed by atoms with Crippen molar-refractivity contribution in [3.8, 4) is 0 Å². The molecule has 1 aliphatic heterocycles. The number of benzene rings is 2. The van der Waals surface area contributed by atoms with Crippen molar-refractivity contribution in [1.82, 2.24) is 14.9 Å². The number of thiazole rings is 1. The number of aromatic nitrogens is 2. The van der Waals surface area contributed by atoms with Crippen molar-refractivity contribution in [2.45, 2.75) is 39.2 Å². The normalized spacial score (nSPS) is 20.0. The van der Waals surface area contributed by atoms with Crippen LogP contribution in [-0.2, 0) is 0 Å². The molecule has 1 amide bonds. The van der Waals surface area contributed by atoms with Gasteiger partial charge in [0.1, 0.15) is 4.88 Å². The second-order valence-corrected chi connectivity index (χ2v) is 11.2. The molecule has 6 nitrogen and oxygen atoms in total. The third-order valence-corrected chi connectivity index (χ3v) is 8.51. The third-order valence-electron chi connectivity index (χ3n) is 7.44. The van der Waals surface area contributed by atoms with Gasteiger partial charge in [-0.25, -0.2) is 4.98 Å². The van der Waals surface area contributed by atoms with Crippen LogP contribution in [0.4, 0.5) is 11.4 Å². The maximum atomic E-state index is 12.6. The lowest BCUT2D eigenvalue weighted by Gasteiger charge is -2.37. The molecule has 2 atom stereocenters. The first-order chi connectivity index (χ1) is 17.5. The van der Waals surface area contributed by atoms with Crippen LogP contribution in [0.15, 0.2) is 54.6 Å². The second kappa shape index (κ2) is 9.30. The number of carbonyl (C=O) groups excluding carboxylic acids is 1. The Hall–Kier alpha value is -3.29. The van der Waals surface area contributed by atoms with Crippen LogP contribution in [0.3, 0.4) is 0 Å². The number of aryl methyl sites for hydroxylation is 3. The van der Waals surface area contributed by atoms with Gasteiger partial charge in [0.2, 0.25) is 0 Å². The number of hydrogen-bond acceptors (Lipinski definition) is 6. The summed E-state index contributed by atoms with van der Waals surface area (Å²) in [6.07, 6.45) is 1.21. The molecule has 2 aliphatic rings. The standard InChI is InChI=1S/C29H31N5OS/c1-18-7-12-23-25(30-18)5-4-6-26(23)33-13-15-34(16-14-33)27-17-24(27)21-8-10-22(11-9-21)32-29(35)28-19(2)31-20(3)36-28/h4-12,24,27H,13-17H2,1-3H3,(H,32,35). The average molecular weight is 498 g/mol. The third kappa shape index (κ3) is 4.49. The summed E-state index contributed by atoms with van der Waals surface area (Å²) in [4.78, 5) is 27.5. The summed E-state index contributed by atoms with van der Waals surface area (Å²) in [5.41, 5.74) is 6.42. The number of amides is 1. The molecule has 7 heteroatoms. The Kier molecular flexibility index (Phi) is 5.97. The zero-order chi connectivity index (χ0) is 24.8. The largest absolute Gasteiger partial charge is 0.368 e. The van der Waals surface area contributed by atoms with E-state index in [-0.39, 0.29) is 5.91 Å². The van der Waals surface area contributed by atoms with Crippen molar-refractivity contribution in [2.75, 3.05) is 36.4 Å². The van der Waals surface area contributed by atoms with E-state index in [0.717, 1.165) is 53.8 Å². The number of nitrogens with one attached hydrogen (secondary N) is 1. The summed E-state index contributed by atoms with van der Waals surface area (Å²) >= 11 is 1.44.